The van der Waals surface area contributed by atoms with Crippen LogP contribution in [0.2, 0.25) is 10.5 Å². The van der Waals surface area contributed by atoms with Crippen LogP contribution >= 0.6 is 0 Å². The Hall–Kier alpha value is -1.58. The third-order valence-electron chi connectivity index (χ3n) is 3.60. The van der Waals surface area contributed by atoms with Crippen molar-refractivity contribution in [2.24, 2.45) is 0 Å². The number of amides is 2. The van der Waals surface area contributed by atoms with E-state index in [1.54, 1.807) is 24.3 Å². The molecular weight excluding hydrogens is 485 g/mol. The van der Waals surface area contributed by atoms with E-state index in [4.69, 9.17) is 0 Å². The summed E-state index contributed by atoms with van der Waals surface area (Å²) in [6, 6.07) is 12.1. The molecule has 2 aromatic carbocycles. The second-order valence-corrected chi connectivity index (χ2v) is 9.70. The third kappa shape index (κ3) is 6.22. The number of sulfone groups is 1. The van der Waals surface area contributed by atoms with Crippen molar-refractivity contribution < 1.29 is 18.0 Å². The zero-order valence-electron chi connectivity index (χ0n) is 14.5. The number of carbonyl (C=O) groups excluding carboxylic acids is 2. The van der Waals surface area contributed by atoms with Crippen LogP contribution in [0, 0.1) is 0 Å². The molecule has 0 atom stereocenters. The van der Waals surface area contributed by atoms with Gasteiger partial charge in [-0.2, -0.15) is 0 Å². The summed E-state index contributed by atoms with van der Waals surface area (Å²) in [5.74, 6) is -0.206. The average Bonchev–Trinajstić information content (AvgIpc) is 2.63. The Bertz CT molecular complexity index is 828. The van der Waals surface area contributed by atoms with E-state index in [2.05, 4.69) is 10.6 Å². The molecule has 0 aliphatic rings. The van der Waals surface area contributed by atoms with E-state index in [1.807, 2.05) is 33.0 Å². The number of hydrogen-bond acceptors (Lipinski definition) is 4. The van der Waals surface area contributed by atoms with E-state index in [0.717, 1.165) is 10.5 Å². The summed E-state index contributed by atoms with van der Waals surface area (Å²) in [4.78, 5) is 23.5. The van der Waals surface area contributed by atoms with Gasteiger partial charge in [-0.1, -0.05) is 0 Å². The van der Waals surface area contributed by atoms with Gasteiger partial charge in [0.15, 0.2) is 0 Å². The van der Waals surface area contributed by atoms with Crippen LogP contribution in [0.25, 0.3) is 0 Å². The van der Waals surface area contributed by atoms with Crippen molar-refractivity contribution in [2.45, 2.75) is 33.1 Å². The number of benzene rings is 2. The summed E-state index contributed by atoms with van der Waals surface area (Å²) in [6.07, 6.45) is 0.836. The normalized spacial score (nSPS) is 11.0. The molecule has 9 heteroatoms. The van der Waals surface area contributed by atoms with Crippen LogP contribution in [0.15, 0.2) is 58.3 Å². The molecule has 0 bridgehead atoms. The summed E-state index contributed by atoms with van der Waals surface area (Å²) in [5.41, 5.74) is 1.11. The molecule has 2 rings (SSSR count). The van der Waals surface area contributed by atoms with Crippen LogP contribution in [-0.4, -0.2) is 53.3 Å². The number of hydrogen-bond donors (Lipinski definition) is 2. The van der Waals surface area contributed by atoms with Crippen LogP contribution in [0.1, 0.15) is 12.8 Å². The molecule has 0 aliphatic carbocycles. The van der Waals surface area contributed by atoms with E-state index in [9.17, 15) is 18.0 Å². The maximum atomic E-state index is 12.7. The molecule has 0 aromatic heterocycles. The molecular formula is C18H18Ge2N2O4S. The molecule has 0 saturated heterocycles. The predicted octanol–water partition coefficient (Wildman–Crippen LogP) is 2.35. The molecule has 27 heavy (non-hydrogen) atoms. The van der Waals surface area contributed by atoms with Crippen molar-refractivity contribution in [3.8, 4) is 0 Å². The molecule has 6 radical (unpaired) electrons. The fourth-order valence-electron chi connectivity index (χ4n) is 2.24. The van der Waals surface area contributed by atoms with Crippen LogP contribution in [-0.2, 0) is 19.4 Å². The monoisotopic (exact) mass is 506 g/mol. The Morgan fingerprint density at radius 2 is 1.04 bits per heavy atom. The van der Waals surface area contributed by atoms with Gasteiger partial charge in [0.25, 0.3) is 0 Å². The number of nitrogens with one attached hydrogen (secondary N) is 2. The molecule has 0 spiro atoms. The summed E-state index contributed by atoms with van der Waals surface area (Å²) >= 11 is 3.82. The van der Waals surface area contributed by atoms with Crippen molar-refractivity contribution in [1.82, 2.24) is 0 Å². The van der Waals surface area contributed by atoms with Gasteiger partial charge in [-0.3, -0.25) is 0 Å². The van der Waals surface area contributed by atoms with Crippen LogP contribution in [0.3, 0.4) is 0 Å². The van der Waals surface area contributed by atoms with Crippen LogP contribution in [0.5, 0.6) is 0 Å². The van der Waals surface area contributed by atoms with Crippen LogP contribution in [0.4, 0.5) is 11.4 Å². The van der Waals surface area contributed by atoms with Crippen molar-refractivity contribution in [1.29, 1.82) is 0 Å². The summed E-state index contributed by atoms with van der Waals surface area (Å²) in [7, 11) is -3.68. The molecule has 0 heterocycles. The first-order valence-electron chi connectivity index (χ1n) is 8.21. The van der Waals surface area contributed by atoms with E-state index in [1.165, 1.54) is 24.3 Å². The van der Waals surface area contributed by atoms with E-state index < -0.39 is 9.84 Å². The summed E-state index contributed by atoms with van der Waals surface area (Å²) in [5, 5.41) is 6.93. The van der Waals surface area contributed by atoms with Crippen molar-refractivity contribution in [3.63, 3.8) is 0 Å². The topological polar surface area (TPSA) is 92.3 Å². The molecule has 2 aromatic rings. The van der Waals surface area contributed by atoms with Gasteiger partial charge in [0.2, 0.25) is 0 Å². The summed E-state index contributed by atoms with van der Waals surface area (Å²) < 4.78 is 25.5. The van der Waals surface area contributed by atoms with Gasteiger partial charge >= 0.3 is 176 Å². The van der Waals surface area contributed by atoms with Crippen molar-refractivity contribution in [3.05, 3.63) is 48.5 Å². The first kappa shape index (κ1) is 21.7. The van der Waals surface area contributed by atoms with Crippen LogP contribution < -0.4 is 10.6 Å². The number of rotatable bonds is 8. The maximum absolute atomic E-state index is 12.7. The zero-order valence-corrected chi connectivity index (χ0v) is 19.5. The zero-order chi connectivity index (χ0) is 19.9. The Labute approximate surface area is 175 Å². The van der Waals surface area contributed by atoms with Crippen molar-refractivity contribution >= 4 is 66.1 Å². The molecule has 2 amide bonds. The molecule has 0 unspecified atom stereocenters. The van der Waals surface area contributed by atoms with Gasteiger partial charge in [0.1, 0.15) is 0 Å². The minimum absolute atomic E-state index is 0.103. The quantitative estimate of drug-likeness (QED) is 0.541. The second-order valence-electron chi connectivity index (χ2n) is 5.65. The number of anilines is 2. The SMILES string of the molecule is O=C(C[CH2][Ge])Nc1ccc(S(=O)(=O)c2ccc(NC(=O)C[CH2][Ge])cc2)cc1. The standard InChI is InChI=1S/C18H18Ge2N2O4S/c19-11-9-17(23)21-13-1-5-15(6-2-13)27(25,26)16-7-3-14(4-8-16)22-18(24)10-12-20/h1-8H,9-12H2,(H,21,23)(H,22,24). The average molecular weight is 504 g/mol. The van der Waals surface area contributed by atoms with Gasteiger partial charge < -0.3 is 0 Å². The Morgan fingerprint density at radius 1 is 0.704 bits per heavy atom. The van der Waals surface area contributed by atoms with E-state index >= 15 is 0 Å². The van der Waals surface area contributed by atoms with Gasteiger partial charge in [0.05, 0.1) is 0 Å². The fourth-order valence-corrected chi connectivity index (χ4v) is 4.46. The van der Waals surface area contributed by atoms with Crippen molar-refractivity contribution in [2.75, 3.05) is 10.6 Å². The minimum atomic E-state index is -3.68. The first-order valence-corrected chi connectivity index (χ1v) is 12.7. The molecule has 0 aliphatic heterocycles. The Balaban J connectivity index is 2.13. The van der Waals surface area contributed by atoms with E-state index in [0.29, 0.717) is 24.2 Å². The third-order valence-corrected chi connectivity index (χ3v) is 6.44. The molecule has 2 N–H and O–H groups in total. The molecule has 0 fully saturated rings. The summed E-state index contributed by atoms with van der Waals surface area (Å²) in [6.45, 7) is 0. The Kier molecular flexibility index (Phi) is 8.12. The molecule has 138 valence electrons. The van der Waals surface area contributed by atoms with E-state index in [-0.39, 0.29) is 21.6 Å². The van der Waals surface area contributed by atoms with Gasteiger partial charge in [-0.05, 0) is 0 Å². The second kappa shape index (κ2) is 10.1. The fraction of sp³-hybridized carbons (Fsp3) is 0.222. The van der Waals surface area contributed by atoms with Gasteiger partial charge in [-0.25, -0.2) is 0 Å². The molecule has 0 saturated carbocycles. The first-order chi connectivity index (χ1) is 12.9. The number of carbonyl (C=O) groups is 2. The van der Waals surface area contributed by atoms with Gasteiger partial charge in [0, 0.05) is 0 Å². The predicted molar refractivity (Wildman–Crippen MR) is 106 cm³/mol. The molecule has 6 nitrogen and oxygen atoms in total. The van der Waals surface area contributed by atoms with Gasteiger partial charge in [-0.15, -0.1) is 0 Å². The Morgan fingerprint density at radius 3 is 1.33 bits per heavy atom.